The molecule has 1 aliphatic rings. The lowest BCUT2D eigenvalue weighted by Gasteiger charge is -2.32. The Hall–Kier alpha value is -2.90. The van der Waals surface area contributed by atoms with Crippen LogP contribution in [0.3, 0.4) is 0 Å². The summed E-state index contributed by atoms with van der Waals surface area (Å²) in [6.07, 6.45) is 1.89. The number of nitrogens with one attached hydrogen (secondary N) is 1. The van der Waals surface area contributed by atoms with Gasteiger partial charge in [0.25, 0.3) is 11.5 Å². The van der Waals surface area contributed by atoms with Gasteiger partial charge >= 0.3 is 0 Å². The fourth-order valence-electron chi connectivity index (χ4n) is 4.23. The molecule has 0 aliphatic carbocycles. The second-order valence-electron chi connectivity index (χ2n) is 7.59. The van der Waals surface area contributed by atoms with Gasteiger partial charge in [0.05, 0.1) is 11.3 Å². The fraction of sp³-hybridized carbons (Fsp3) is 0.500. The lowest BCUT2D eigenvalue weighted by molar-refractivity contribution is 0.0704. The maximum absolute atomic E-state index is 13.2. The van der Waals surface area contributed by atoms with Crippen LogP contribution in [0.5, 0.6) is 0 Å². The van der Waals surface area contributed by atoms with Crippen molar-refractivity contribution < 1.29 is 4.79 Å². The van der Waals surface area contributed by atoms with Gasteiger partial charge in [-0.1, -0.05) is 0 Å². The number of aromatic nitrogens is 5. The van der Waals surface area contributed by atoms with Crippen molar-refractivity contribution in [2.24, 2.45) is 0 Å². The van der Waals surface area contributed by atoms with Gasteiger partial charge in [0, 0.05) is 54.8 Å². The van der Waals surface area contributed by atoms with E-state index in [-0.39, 0.29) is 17.4 Å². The lowest BCUT2D eigenvalue weighted by Crippen LogP contribution is -2.39. The first kappa shape index (κ1) is 18.5. The average Bonchev–Trinajstić information content (AvgIpc) is 3.22. The molecule has 4 heterocycles. The number of aryl methyl sites for hydroxylation is 3. The number of H-pyrrole nitrogens is 1. The van der Waals surface area contributed by atoms with E-state index in [4.69, 9.17) is 0 Å². The van der Waals surface area contributed by atoms with Crippen molar-refractivity contribution in [2.45, 2.75) is 53.0 Å². The summed E-state index contributed by atoms with van der Waals surface area (Å²) in [5.74, 6) is 0.197. The number of nitrogens with zero attached hydrogens (tertiary/aromatic N) is 5. The number of piperidine rings is 1. The minimum atomic E-state index is -0.115. The van der Waals surface area contributed by atoms with Crippen LogP contribution in [-0.2, 0) is 6.54 Å². The zero-order valence-electron chi connectivity index (χ0n) is 16.8. The Labute approximate surface area is 163 Å². The second kappa shape index (κ2) is 6.92. The van der Waals surface area contributed by atoms with E-state index in [0.29, 0.717) is 23.4 Å². The molecule has 8 heteroatoms. The molecule has 1 fully saturated rings. The van der Waals surface area contributed by atoms with Crippen molar-refractivity contribution in [3.8, 4) is 0 Å². The van der Waals surface area contributed by atoms with Crippen molar-refractivity contribution in [1.29, 1.82) is 0 Å². The number of hydrogen-bond acceptors (Lipinski definition) is 4. The molecule has 3 aromatic heterocycles. The normalized spacial score (nSPS) is 17.4. The minimum absolute atomic E-state index is 0.0432. The number of hydrogen-bond donors (Lipinski definition) is 1. The zero-order valence-corrected chi connectivity index (χ0v) is 16.8. The first-order valence-electron chi connectivity index (χ1n) is 9.81. The molecule has 0 saturated carbocycles. The number of rotatable bonds is 3. The molecular formula is C20H26N6O2. The van der Waals surface area contributed by atoms with E-state index in [0.717, 1.165) is 43.0 Å². The second-order valence-corrected chi connectivity index (χ2v) is 7.59. The highest BCUT2D eigenvalue weighted by Gasteiger charge is 2.29. The Morgan fingerprint density at radius 2 is 2.07 bits per heavy atom. The molecule has 0 unspecified atom stereocenters. The zero-order chi connectivity index (χ0) is 20.0. The van der Waals surface area contributed by atoms with Crippen molar-refractivity contribution in [1.82, 2.24) is 29.3 Å². The molecule has 8 nitrogen and oxygen atoms in total. The fourth-order valence-corrected chi connectivity index (χ4v) is 4.23. The third-order valence-corrected chi connectivity index (χ3v) is 5.64. The summed E-state index contributed by atoms with van der Waals surface area (Å²) in [4.78, 5) is 31.7. The summed E-state index contributed by atoms with van der Waals surface area (Å²) >= 11 is 0. The molecular weight excluding hydrogens is 356 g/mol. The number of carbonyl (C=O) groups is 1. The van der Waals surface area contributed by atoms with Crippen molar-refractivity contribution >= 4 is 11.6 Å². The molecule has 1 amide bonds. The van der Waals surface area contributed by atoms with Crippen LogP contribution in [0.1, 0.15) is 58.8 Å². The molecule has 0 radical (unpaired) electrons. The van der Waals surface area contributed by atoms with Gasteiger partial charge in [-0.15, -0.1) is 0 Å². The first-order valence-corrected chi connectivity index (χ1v) is 9.81. The van der Waals surface area contributed by atoms with Crippen molar-refractivity contribution in [2.75, 3.05) is 13.1 Å². The van der Waals surface area contributed by atoms with E-state index in [1.54, 1.807) is 0 Å². The van der Waals surface area contributed by atoms with E-state index in [1.807, 2.05) is 43.3 Å². The van der Waals surface area contributed by atoms with Gasteiger partial charge in [0.1, 0.15) is 0 Å². The van der Waals surface area contributed by atoms with Gasteiger partial charge in [-0.2, -0.15) is 5.10 Å². The predicted molar refractivity (Wildman–Crippen MR) is 106 cm³/mol. The number of aromatic amines is 1. The minimum Gasteiger partial charge on any atom is -0.338 e. The van der Waals surface area contributed by atoms with Crippen LogP contribution < -0.4 is 5.56 Å². The van der Waals surface area contributed by atoms with Crippen LogP contribution in [0.25, 0.3) is 5.65 Å². The Bertz CT molecular complexity index is 1110. The molecule has 4 rings (SSSR count). The number of fused-ring (bicyclic) bond motifs is 1. The highest BCUT2D eigenvalue weighted by atomic mass is 16.2. The highest BCUT2D eigenvalue weighted by Crippen LogP contribution is 2.28. The van der Waals surface area contributed by atoms with Crippen LogP contribution in [0.4, 0.5) is 0 Å². The van der Waals surface area contributed by atoms with Crippen molar-refractivity contribution in [3.05, 3.63) is 50.8 Å². The van der Waals surface area contributed by atoms with E-state index in [1.165, 1.54) is 10.6 Å². The monoisotopic (exact) mass is 382 g/mol. The van der Waals surface area contributed by atoms with Gasteiger partial charge in [0.2, 0.25) is 0 Å². The summed E-state index contributed by atoms with van der Waals surface area (Å²) in [5.41, 5.74) is 4.58. The quantitative estimate of drug-likeness (QED) is 0.752. The average molecular weight is 382 g/mol. The van der Waals surface area contributed by atoms with E-state index >= 15 is 0 Å². The summed E-state index contributed by atoms with van der Waals surface area (Å²) in [6, 6.07) is 3.44. The summed E-state index contributed by atoms with van der Waals surface area (Å²) in [5, 5.41) is 7.67. The largest absolute Gasteiger partial charge is 0.338 e. The van der Waals surface area contributed by atoms with Crippen LogP contribution in [0.2, 0.25) is 0 Å². The third-order valence-electron chi connectivity index (χ3n) is 5.64. The molecule has 3 aromatic rings. The van der Waals surface area contributed by atoms with Crippen LogP contribution in [0, 0.1) is 20.8 Å². The summed E-state index contributed by atoms with van der Waals surface area (Å²) < 4.78 is 3.35. The third kappa shape index (κ3) is 3.02. The van der Waals surface area contributed by atoms with Crippen LogP contribution in [-0.4, -0.2) is 48.3 Å². The Balaban J connectivity index is 1.61. The maximum atomic E-state index is 13.2. The molecule has 0 spiro atoms. The first-order chi connectivity index (χ1) is 13.4. The Morgan fingerprint density at radius 1 is 1.29 bits per heavy atom. The van der Waals surface area contributed by atoms with Gasteiger partial charge in [-0.3, -0.25) is 19.4 Å². The SMILES string of the molecule is CCn1nc(C)c(C(=O)N2CCC[C@H](c3cc4nc(C)cc(=O)n4[nH]3)C2)c1C. The van der Waals surface area contributed by atoms with Gasteiger partial charge in [-0.05, 0) is 40.5 Å². The lowest BCUT2D eigenvalue weighted by atomic mass is 9.94. The highest BCUT2D eigenvalue weighted by molar-refractivity contribution is 5.96. The number of carbonyl (C=O) groups excluding carboxylic acids is 1. The number of amides is 1. The smallest absolute Gasteiger partial charge is 0.272 e. The molecule has 0 bridgehead atoms. The van der Waals surface area contributed by atoms with Gasteiger partial charge < -0.3 is 4.90 Å². The molecule has 1 saturated heterocycles. The van der Waals surface area contributed by atoms with Crippen molar-refractivity contribution in [3.63, 3.8) is 0 Å². The molecule has 1 atom stereocenters. The maximum Gasteiger partial charge on any atom is 0.272 e. The van der Waals surface area contributed by atoms with E-state index < -0.39 is 0 Å². The summed E-state index contributed by atoms with van der Waals surface area (Å²) in [7, 11) is 0. The molecule has 0 aromatic carbocycles. The molecule has 148 valence electrons. The van der Waals surface area contributed by atoms with Crippen LogP contribution in [0.15, 0.2) is 16.9 Å². The van der Waals surface area contributed by atoms with Gasteiger partial charge in [-0.25, -0.2) is 9.50 Å². The van der Waals surface area contributed by atoms with E-state index in [9.17, 15) is 9.59 Å². The summed E-state index contributed by atoms with van der Waals surface area (Å²) in [6.45, 7) is 9.80. The predicted octanol–water partition coefficient (Wildman–Crippen LogP) is 2.18. The number of likely N-dealkylation sites (tertiary alicyclic amines) is 1. The topological polar surface area (TPSA) is 88.3 Å². The molecule has 1 N–H and O–H groups in total. The Kier molecular flexibility index (Phi) is 4.56. The molecule has 1 aliphatic heterocycles. The van der Waals surface area contributed by atoms with E-state index in [2.05, 4.69) is 15.2 Å². The molecule has 28 heavy (non-hydrogen) atoms. The van der Waals surface area contributed by atoms with Crippen LogP contribution >= 0.6 is 0 Å². The Morgan fingerprint density at radius 3 is 2.79 bits per heavy atom. The standard InChI is InChI=1S/C20H26N6O2/c1-5-25-14(4)19(13(3)22-25)20(28)24-8-6-7-15(11-24)16-10-17-21-12(2)9-18(27)26(17)23-16/h9-10,15,23H,5-8,11H2,1-4H3/t15-/m0/s1. The van der Waals surface area contributed by atoms with Gasteiger partial charge in [0.15, 0.2) is 5.65 Å².